The summed E-state index contributed by atoms with van der Waals surface area (Å²) in [5.41, 5.74) is -1.02. The van der Waals surface area contributed by atoms with Crippen LogP contribution in [0.25, 0.3) is 0 Å². The van der Waals surface area contributed by atoms with E-state index in [0.717, 1.165) is 23.3 Å². The van der Waals surface area contributed by atoms with Crippen LogP contribution in [0.5, 0.6) is 0 Å². The fourth-order valence-electron chi connectivity index (χ4n) is 3.77. The van der Waals surface area contributed by atoms with Gasteiger partial charge < -0.3 is 15.4 Å². The van der Waals surface area contributed by atoms with E-state index in [0.29, 0.717) is 12.5 Å². The van der Waals surface area contributed by atoms with Gasteiger partial charge in [-0.2, -0.15) is 26.7 Å². The Morgan fingerprint density at radius 1 is 1.29 bits per heavy atom. The van der Waals surface area contributed by atoms with Crippen molar-refractivity contribution in [2.75, 3.05) is 29.8 Å². The molecule has 1 N–H and O–H groups in total. The molecule has 3 rings (SSSR count). The van der Waals surface area contributed by atoms with E-state index in [1.165, 1.54) is 23.1 Å². The number of aromatic nitrogens is 2. The second kappa shape index (κ2) is 9.80. The Kier molecular flexibility index (Phi) is 7.43. The highest BCUT2D eigenvalue weighted by atomic mass is 32.2. The van der Waals surface area contributed by atoms with Crippen LogP contribution >= 0.6 is 0 Å². The number of amides is 2. The summed E-state index contributed by atoms with van der Waals surface area (Å²) in [6.45, 7) is 2.28. The molecule has 0 spiro atoms. The van der Waals surface area contributed by atoms with E-state index in [2.05, 4.69) is 5.10 Å². The summed E-state index contributed by atoms with van der Waals surface area (Å²) in [6, 6.07) is 0.991. The molecule has 0 bridgehead atoms. The predicted molar refractivity (Wildman–Crippen MR) is 120 cm³/mol. The predicted octanol–water partition coefficient (Wildman–Crippen LogP) is 3.18. The number of aryl methyl sites for hydroxylation is 2. The summed E-state index contributed by atoms with van der Waals surface area (Å²) in [5.74, 6) is 0. The van der Waals surface area contributed by atoms with Gasteiger partial charge >= 0.3 is 22.4 Å². The van der Waals surface area contributed by atoms with Crippen LogP contribution < -0.4 is 9.62 Å². The van der Waals surface area contributed by atoms with E-state index in [-0.39, 0.29) is 35.9 Å². The van der Waals surface area contributed by atoms with Crippen LogP contribution in [0, 0.1) is 5.21 Å². The van der Waals surface area contributed by atoms with Crippen molar-refractivity contribution in [1.82, 2.24) is 19.1 Å². The normalized spacial score (nSPS) is 17.1. The summed E-state index contributed by atoms with van der Waals surface area (Å²) in [5, 5.41) is 18.6. The van der Waals surface area contributed by atoms with Crippen LogP contribution in [0.2, 0.25) is 0 Å². The van der Waals surface area contributed by atoms with Crippen molar-refractivity contribution in [3.05, 3.63) is 46.9 Å². The third-order valence-electron chi connectivity index (χ3n) is 5.66. The molecule has 0 unspecified atom stereocenters. The van der Waals surface area contributed by atoms with E-state index in [4.69, 9.17) is 0 Å². The number of anilines is 2. The van der Waals surface area contributed by atoms with Gasteiger partial charge in [0, 0.05) is 25.0 Å². The minimum absolute atomic E-state index is 0.0868. The molecule has 1 aromatic carbocycles. The smallest absolute Gasteiger partial charge is 0.416 e. The first-order valence-electron chi connectivity index (χ1n) is 10.5. The fraction of sp³-hybridized carbons (Fsp3) is 0.500. The van der Waals surface area contributed by atoms with Gasteiger partial charge in [-0.05, 0) is 56.6 Å². The average molecular weight is 504 g/mol. The minimum Gasteiger partial charge on any atom is -0.740 e. The highest BCUT2D eigenvalue weighted by Gasteiger charge is 2.34. The van der Waals surface area contributed by atoms with Crippen LogP contribution in [-0.4, -0.2) is 59.8 Å². The molecule has 14 heteroatoms. The van der Waals surface area contributed by atoms with Crippen molar-refractivity contribution in [2.45, 2.75) is 38.4 Å². The number of benzene rings is 1. The van der Waals surface area contributed by atoms with Gasteiger partial charge in [-0.1, -0.05) is 6.92 Å². The molecule has 1 aromatic heterocycles. The molecule has 0 radical (unpaired) electrons. The van der Waals surface area contributed by atoms with Gasteiger partial charge in [-0.3, -0.25) is 9.15 Å². The van der Waals surface area contributed by atoms with Gasteiger partial charge in [-0.15, -0.1) is 0 Å². The van der Waals surface area contributed by atoms with E-state index < -0.39 is 32.4 Å². The first-order valence-corrected chi connectivity index (χ1v) is 11.9. The van der Waals surface area contributed by atoms with E-state index in [1.54, 1.807) is 14.0 Å². The summed E-state index contributed by atoms with van der Waals surface area (Å²) < 4.78 is 67.3. The first kappa shape index (κ1) is 25.8. The quantitative estimate of drug-likeness (QED) is 0.581. The van der Waals surface area contributed by atoms with Crippen LogP contribution in [0.3, 0.4) is 0 Å². The molecule has 2 heterocycles. The lowest BCUT2D eigenvalue weighted by atomic mass is 10.1. The Bertz CT molecular complexity index is 1140. The summed E-state index contributed by atoms with van der Waals surface area (Å²) in [6.07, 6.45) is -0.276. The van der Waals surface area contributed by atoms with Gasteiger partial charge in [0.1, 0.15) is 0 Å². The molecule has 1 atom stereocenters. The second-order valence-corrected chi connectivity index (χ2v) is 9.78. The zero-order valence-electron chi connectivity index (χ0n) is 18.9. The van der Waals surface area contributed by atoms with Gasteiger partial charge in [0.15, 0.2) is 0 Å². The summed E-state index contributed by atoms with van der Waals surface area (Å²) >= 11 is 0. The number of nitrogens with one attached hydrogen (secondary N) is 1. The third-order valence-corrected chi connectivity index (χ3v) is 7.16. The first-order chi connectivity index (χ1) is 15.8. The Hall–Kier alpha value is -2.84. The molecule has 2 aromatic rings. The highest BCUT2D eigenvalue weighted by molar-refractivity contribution is 7.91. The standard InChI is InChI=1S/C20H26F3N6O4S/c1-4-14-8-15(20(21,22)23)10-16(9-14)25-19(30)29(31)34(32,33)28(18-11-24-27(3)12-18)13-17-6-5-7-26(17)2/h8-12,17H,4-7,13H2,1-3H3,(H,25,30)/q-1/t17-/m1/s1. The van der Waals surface area contributed by atoms with Crippen LogP contribution in [-0.2, 0) is 29.9 Å². The van der Waals surface area contributed by atoms with E-state index in [9.17, 15) is 31.6 Å². The SMILES string of the molecule is CCc1cc(NC(=O)N([O-])S(=O)(=O)N(C[C@H]2CCCN2C)c2cnn(C)c2)cc(C(F)(F)F)c1. The monoisotopic (exact) mass is 503 g/mol. The van der Waals surface area contributed by atoms with Crippen molar-refractivity contribution in [3.8, 4) is 0 Å². The Labute approximate surface area is 195 Å². The van der Waals surface area contributed by atoms with Crippen LogP contribution in [0.1, 0.15) is 30.9 Å². The molecule has 1 aliphatic rings. The molecule has 0 aliphatic carbocycles. The minimum atomic E-state index is -4.93. The molecule has 2 amide bonds. The zero-order valence-corrected chi connectivity index (χ0v) is 19.7. The number of nitrogens with zero attached hydrogens (tertiary/aromatic N) is 5. The Morgan fingerprint density at radius 2 is 2.00 bits per heavy atom. The molecule has 0 saturated carbocycles. The largest absolute Gasteiger partial charge is 0.740 e. The topological polar surface area (TPSA) is 114 Å². The van der Waals surface area contributed by atoms with Crippen LogP contribution in [0.15, 0.2) is 30.6 Å². The van der Waals surface area contributed by atoms with E-state index in [1.807, 2.05) is 17.3 Å². The van der Waals surface area contributed by atoms with Crippen molar-refractivity contribution in [3.63, 3.8) is 0 Å². The molecule has 1 saturated heterocycles. The molecular formula is C20H26F3N6O4S-. The molecule has 34 heavy (non-hydrogen) atoms. The summed E-state index contributed by atoms with van der Waals surface area (Å²) in [7, 11) is -1.54. The molecule has 188 valence electrons. The molecular weight excluding hydrogens is 477 g/mol. The van der Waals surface area contributed by atoms with Gasteiger partial charge in [0.25, 0.3) is 0 Å². The number of carbonyl (C=O) groups is 1. The Balaban J connectivity index is 1.88. The lowest BCUT2D eigenvalue weighted by Crippen LogP contribution is -2.49. The number of rotatable bonds is 7. The Morgan fingerprint density at radius 3 is 2.53 bits per heavy atom. The number of carbonyl (C=O) groups excluding carboxylic acids is 1. The molecule has 10 nitrogen and oxygen atoms in total. The van der Waals surface area contributed by atoms with E-state index >= 15 is 0 Å². The second-order valence-electron chi connectivity index (χ2n) is 8.11. The molecule has 1 aliphatic heterocycles. The van der Waals surface area contributed by atoms with Crippen molar-refractivity contribution in [1.29, 1.82) is 0 Å². The number of alkyl halides is 3. The number of halogens is 3. The van der Waals surface area contributed by atoms with Gasteiger partial charge in [0.05, 0.1) is 24.0 Å². The number of hydrogen-bond donors (Lipinski definition) is 1. The maximum absolute atomic E-state index is 13.2. The number of likely N-dealkylation sites (N-methyl/N-ethyl adjacent to an activating group) is 1. The number of hydroxylamine groups is 1. The van der Waals surface area contributed by atoms with Crippen molar-refractivity contribution < 1.29 is 26.4 Å². The maximum atomic E-state index is 13.2. The maximum Gasteiger partial charge on any atom is 0.416 e. The number of urea groups is 1. The average Bonchev–Trinajstić information content (AvgIpc) is 3.37. The van der Waals surface area contributed by atoms with Crippen molar-refractivity contribution in [2.24, 2.45) is 7.05 Å². The summed E-state index contributed by atoms with van der Waals surface area (Å²) in [4.78, 5) is 14.5. The van der Waals surface area contributed by atoms with Gasteiger partial charge in [0.2, 0.25) is 0 Å². The highest BCUT2D eigenvalue weighted by Crippen LogP contribution is 2.32. The van der Waals surface area contributed by atoms with Crippen molar-refractivity contribution >= 4 is 27.6 Å². The number of likely N-dealkylation sites (tertiary alicyclic amines) is 1. The molecule has 1 fully saturated rings. The lowest BCUT2D eigenvalue weighted by molar-refractivity contribution is -0.137. The number of hydrogen-bond acceptors (Lipinski definition) is 6. The zero-order chi connectivity index (χ0) is 25.3. The lowest BCUT2D eigenvalue weighted by Gasteiger charge is -2.36. The van der Waals surface area contributed by atoms with Crippen LogP contribution in [0.4, 0.5) is 29.3 Å². The fourth-order valence-corrected chi connectivity index (χ4v) is 4.92. The third kappa shape index (κ3) is 5.62. The van der Waals surface area contributed by atoms with Gasteiger partial charge in [-0.25, -0.2) is 9.10 Å².